The van der Waals surface area contributed by atoms with Crippen LogP contribution in [0.2, 0.25) is 0 Å². The Morgan fingerprint density at radius 2 is 1.87 bits per heavy atom. The van der Waals surface area contributed by atoms with Crippen molar-refractivity contribution in [3.63, 3.8) is 0 Å². The number of hydrogen-bond donors (Lipinski definition) is 2. The zero-order chi connectivity index (χ0) is 17.1. The van der Waals surface area contributed by atoms with Gasteiger partial charge in [-0.05, 0) is 45.1 Å². The van der Waals surface area contributed by atoms with Crippen molar-refractivity contribution in [3.8, 4) is 0 Å². The second-order valence-corrected chi connectivity index (χ2v) is 8.40. The summed E-state index contributed by atoms with van der Waals surface area (Å²) in [4.78, 5) is 14.4. The molecule has 0 bridgehead atoms. The maximum atomic E-state index is 12.5. The fourth-order valence-corrected chi connectivity index (χ4v) is 4.35. The SMILES string of the molecule is COC(=O)C(NS(=O)(=O)c1ccccc1)C1(S)CCN(C)CC1. The molecule has 1 heterocycles. The topological polar surface area (TPSA) is 75.7 Å². The second kappa shape index (κ2) is 7.21. The van der Waals surface area contributed by atoms with E-state index in [0.717, 1.165) is 13.1 Å². The smallest absolute Gasteiger partial charge is 0.325 e. The van der Waals surface area contributed by atoms with Crippen LogP contribution in [0.1, 0.15) is 12.8 Å². The van der Waals surface area contributed by atoms with Crippen molar-refractivity contribution in [1.82, 2.24) is 9.62 Å². The number of ether oxygens (including phenoxy) is 1. The average Bonchev–Trinajstić information content (AvgIpc) is 2.56. The van der Waals surface area contributed by atoms with Gasteiger partial charge in [-0.15, -0.1) is 0 Å². The second-order valence-electron chi connectivity index (χ2n) is 5.80. The molecule has 128 valence electrons. The molecule has 1 N–H and O–H groups in total. The summed E-state index contributed by atoms with van der Waals surface area (Å²) in [6.07, 6.45) is 1.17. The first-order valence-electron chi connectivity index (χ1n) is 7.35. The molecule has 2 rings (SSSR count). The van der Waals surface area contributed by atoms with Gasteiger partial charge in [0.1, 0.15) is 6.04 Å². The molecule has 0 saturated carbocycles. The van der Waals surface area contributed by atoms with Gasteiger partial charge in [0.05, 0.1) is 12.0 Å². The van der Waals surface area contributed by atoms with E-state index in [2.05, 4.69) is 22.3 Å². The number of benzene rings is 1. The quantitative estimate of drug-likeness (QED) is 0.604. The summed E-state index contributed by atoms with van der Waals surface area (Å²) in [5.41, 5.74) is 0. The number of carbonyl (C=O) groups is 1. The van der Waals surface area contributed by atoms with Gasteiger partial charge in [0, 0.05) is 4.75 Å². The number of thiol groups is 1. The first-order chi connectivity index (χ1) is 10.8. The van der Waals surface area contributed by atoms with Crippen molar-refractivity contribution in [2.45, 2.75) is 28.5 Å². The van der Waals surface area contributed by atoms with Crippen LogP contribution >= 0.6 is 12.6 Å². The summed E-state index contributed by atoms with van der Waals surface area (Å²) in [7, 11) is -0.600. The minimum atomic E-state index is -3.83. The summed E-state index contributed by atoms with van der Waals surface area (Å²) >= 11 is 4.65. The monoisotopic (exact) mass is 358 g/mol. The number of hydrogen-bond acceptors (Lipinski definition) is 6. The number of rotatable bonds is 5. The lowest BCUT2D eigenvalue weighted by Gasteiger charge is -2.41. The summed E-state index contributed by atoms with van der Waals surface area (Å²) in [5.74, 6) is -0.621. The molecule has 0 aromatic heterocycles. The Hall–Kier alpha value is -1.09. The van der Waals surface area contributed by atoms with E-state index >= 15 is 0 Å². The van der Waals surface area contributed by atoms with Crippen molar-refractivity contribution in [2.75, 3.05) is 27.2 Å². The van der Waals surface area contributed by atoms with Crippen molar-refractivity contribution in [2.24, 2.45) is 0 Å². The molecular weight excluding hydrogens is 336 g/mol. The van der Waals surface area contributed by atoms with Gasteiger partial charge >= 0.3 is 5.97 Å². The molecule has 1 unspecified atom stereocenters. The molecule has 1 saturated heterocycles. The van der Waals surface area contributed by atoms with Crippen molar-refractivity contribution < 1.29 is 17.9 Å². The van der Waals surface area contributed by atoms with E-state index in [1.807, 2.05) is 7.05 Å². The highest BCUT2D eigenvalue weighted by Crippen LogP contribution is 2.33. The van der Waals surface area contributed by atoms with E-state index in [1.54, 1.807) is 18.2 Å². The molecule has 1 fully saturated rings. The third-order valence-electron chi connectivity index (χ3n) is 4.15. The van der Waals surface area contributed by atoms with Crippen LogP contribution in [0.3, 0.4) is 0 Å². The lowest BCUT2D eigenvalue weighted by molar-refractivity contribution is -0.143. The molecule has 23 heavy (non-hydrogen) atoms. The zero-order valence-corrected chi connectivity index (χ0v) is 14.9. The Morgan fingerprint density at radius 3 is 2.39 bits per heavy atom. The van der Waals surface area contributed by atoms with Crippen LogP contribution in [0.15, 0.2) is 35.2 Å². The fourth-order valence-electron chi connectivity index (χ4n) is 2.61. The maximum absolute atomic E-state index is 12.5. The normalized spacial score (nSPS) is 20.0. The number of carbonyl (C=O) groups excluding carboxylic acids is 1. The van der Waals surface area contributed by atoms with Gasteiger partial charge in [0.15, 0.2) is 0 Å². The highest BCUT2D eigenvalue weighted by atomic mass is 32.2. The van der Waals surface area contributed by atoms with Gasteiger partial charge in [-0.2, -0.15) is 17.4 Å². The molecular formula is C15H22N2O4S2. The van der Waals surface area contributed by atoms with Gasteiger partial charge in [-0.25, -0.2) is 8.42 Å². The molecule has 1 aromatic carbocycles. The number of methoxy groups -OCH3 is 1. The van der Waals surface area contributed by atoms with Crippen LogP contribution in [0.25, 0.3) is 0 Å². The Morgan fingerprint density at radius 1 is 1.30 bits per heavy atom. The lowest BCUT2D eigenvalue weighted by atomic mass is 9.89. The van der Waals surface area contributed by atoms with Crippen molar-refractivity contribution >= 4 is 28.6 Å². The van der Waals surface area contributed by atoms with Gasteiger partial charge < -0.3 is 9.64 Å². The largest absolute Gasteiger partial charge is 0.468 e. The molecule has 6 nitrogen and oxygen atoms in total. The summed E-state index contributed by atoms with van der Waals surface area (Å²) in [5, 5.41) is 0. The lowest BCUT2D eigenvalue weighted by Crippen LogP contribution is -2.58. The minimum Gasteiger partial charge on any atom is -0.468 e. The Labute approximate surface area is 142 Å². The van der Waals surface area contributed by atoms with Gasteiger partial charge in [-0.3, -0.25) is 4.79 Å². The molecule has 1 aromatic rings. The molecule has 0 amide bonds. The molecule has 1 atom stereocenters. The highest BCUT2D eigenvalue weighted by Gasteiger charge is 2.45. The van der Waals surface area contributed by atoms with E-state index in [0.29, 0.717) is 12.8 Å². The average molecular weight is 358 g/mol. The molecule has 0 radical (unpaired) electrons. The molecule has 8 heteroatoms. The highest BCUT2D eigenvalue weighted by molar-refractivity contribution is 7.89. The summed E-state index contributed by atoms with van der Waals surface area (Å²) < 4.78 is 31.6. The summed E-state index contributed by atoms with van der Waals surface area (Å²) in [6, 6.07) is 6.93. The number of piperidine rings is 1. The first-order valence-corrected chi connectivity index (χ1v) is 9.28. The van der Waals surface area contributed by atoms with E-state index < -0.39 is 26.8 Å². The van der Waals surface area contributed by atoms with Crippen LogP contribution < -0.4 is 4.72 Å². The molecule has 1 aliphatic rings. The standard InChI is InChI=1S/C15H22N2O4S2/c1-17-10-8-15(22,9-11-17)13(14(18)21-2)16-23(19,20)12-6-4-3-5-7-12/h3-7,13,16,22H,8-11H2,1-2H3. The molecule has 1 aliphatic heterocycles. The Kier molecular flexibility index (Phi) is 5.72. The van der Waals surface area contributed by atoms with E-state index in [9.17, 15) is 13.2 Å². The Bertz CT molecular complexity index is 641. The first kappa shape index (κ1) is 18.3. The molecule has 0 aliphatic carbocycles. The van der Waals surface area contributed by atoms with Crippen LogP contribution in [-0.4, -0.2) is 57.3 Å². The molecule has 0 spiro atoms. The number of nitrogens with zero attached hydrogens (tertiary/aromatic N) is 1. The summed E-state index contributed by atoms with van der Waals surface area (Å²) in [6.45, 7) is 1.48. The predicted molar refractivity (Wildman–Crippen MR) is 91.0 cm³/mol. The van der Waals surface area contributed by atoms with E-state index in [4.69, 9.17) is 4.74 Å². The third kappa shape index (κ3) is 4.26. The Balaban J connectivity index is 2.28. The van der Waals surface area contributed by atoms with Crippen LogP contribution in [0, 0.1) is 0 Å². The number of sulfonamides is 1. The van der Waals surface area contributed by atoms with Crippen molar-refractivity contribution in [1.29, 1.82) is 0 Å². The van der Waals surface area contributed by atoms with E-state index in [1.165, 1.54) is 19.2 Å². The van der Waals surface area contributed by atoms with Crippen LogP contribution in [0.4, 0.5) is 0 Å². The number of esters is 1. The van der Waals surface area contributed by atoms with E-state index in [-0.39, 0.29) is 4.90 Å². The number of nitrogens with one attached hydrogen (secondary N) is 1. The zero-order valence-electron chi connectivity index (χ0n) is 13.2. The third-order valence-corrected chi connectivity index (χ3v) is 6.30. The fraction of sp³-hybridized carbons (Fsp3) is 0.533. The van der Waals surface area contributed by atoms with Crippen LogP contribution in [-0.2, 0) is 19.6 Å². The van der Waals surface area contributed by atoms with Crippen LogP contribution in [0.5, 0.6) is 0 Å². The number of likely N-dealkylation sites (tertiary alicyclic amines) is 1. The van der Waals surface area contributed by atoms with Gasteiger partial charge in [0.2, 0.25) is 10.0 Å². The maximum Gasteiger partial charge on any atom is 0.325 e. The van der Waals surface area contributed by atoms with Crippen molar-refractivity contribution in [3.05, 3.63) is 30.3 Å². The predicted octanol–water partition coefficient (Wildman–Crippen LogP) is 0.901. The minimum absolute atomic E-state index is 0.110. The van der Waals surface area contributed by atoms with Gasteiger partial charge in [-0.1, -0.05) is 18.2 Å². The van der Waals surface area contributed by atoms with Gasteiger partial charge in [0.25, 0.3) is 0 Å².